The van der Waals surface area contributed by atoms with E-state index in [-0.39, 0.29) is 0 Å². The Balaban J connectivity index is 2.44. The number of hydrogen-bond donors (Lipinski definition) is 1. The molecule has 0 atom stereocenters. The maximum atomic E-state index is 11.4. The lowest BCUT2D eigenvalue weighted by Crippen LogP contribution is -2.01. The molecule has 0 aliphatic heterocycles. The Kier molecular flexibility index (Phi) is 2.92. The molecule has 82 valence electrons. The zero-order valence-corrected chi connectivity index (χ0v) is 9.28. The minimum atomic E-state index is -0.418. The van der Waals surface area contributed by atoms with Crippen molar-refractivity contribution < 1.29 is 9.53 Å². The van der Waals surface area contributed by atoms with Crippen LogP contribution in [0.3, 0.4) is 0 Å². The number of rotatable bonds is 2. The van der Waals surface area contributed by atoms with E-state index in [2.05, 4.69) is 14.9 Å². The number of aromatic amines is 1. The molecule has 0 aliphatic rings. The predicted molar refractivity (Wildman–Crippen MR) is 60.4 cm³/mol. The highest BCUT2D eigenvalue weighted by atomic mass is 35.5. The monoisotopic (exact) mass is 236 g/mol. The van der Waals surface area contributed by atoms with Crippen molar-refractivity contribution in [2.24, 2.45) is 0 Å². The van der Waals surface area contributed by atoms with Crippen molar-refractivity contribution in [2.45, 2.75) is 0 Å². The number of nitrogens with zero attached hydrogens (tertiary/aromatic N) is 1. The van der Waals surface area contributed by atoms with Crippen LogP contribution in [0.15, 0.2) is 30.5 Å². The first-order valence-corrected chi connectivity index (χ1v) is 4.98. The maximum Gasteiger partial charge on any atom is 0.341 e. The second kappa shape index (κ2) is 4.37. The number of esters is 1. The van der Waals surface area contributed by atoms with E-state index in [4.69, 9.17) is 11.6 Å². The number of methoxy groups -OCH3 is 1. The number of halogens is 1. The van der Waals surface area contributed by atoms with Crippen LogP contribution < -0.4 is 0 Å². The van der Waals surface area contributed by atoms with Gasteiger partial charge in [0.05, 0.1) is 19.0 Å². The number of H-pyrrole nitrogens is 1. The highest BCUT2D eigenvalue weighted by Crippen LogP contribution is 2.23. The van der Waals surface area contributed by atoms with Crippen molar-refractivity contribution in [3.05, 3.63) is 41.0 Å². The lowest BCUT2D eigenvalue weighted by atomic mass is 10.1. The summed E-state index contributed by atoms with van der Waals surface area (Å²) in [6, 6.07) is 7.11. The fourth-order valence-corrected chi connectivity index (χ4v) is 1.51. The standard InChI is InChI=1S/C11H9ClN2O2/c1-16-11(15)9-6-13-14-10(9)7-2-4-8(12)5-3-7/h2-6H,1H3,(H,13,14). The van der Waals surface area contributed by atoms with E-state index in [0.29, 0.717) is 16.3 Å². The second-order valence-electron chi connectivity index (χ2n) is 3.16. The van der Waals surface area contributed by atoms with Crippen LogP contribution in [0.2, 0.25) is 5.02 Å². The lowest BCUT2D eigenvalue weighted by molar-refractivity contribution is 0.0601. The van der Waals surface area contributed by atoms with E-state index in [1.807, 2.05) is 12.1 Å². The first-order valence-electron chi connectivity index (χ1n) is 4.60. The van der Waals surface area contributed by atoms with Gasteiger partial charge in [-0.3, -0.25) is 5.10 Å². The van der Waals surface area contributed by atoms with Gasteiger partial charge in [0.15, 0.2) is 0 Å². The summed E-state index contributed by atoms with van der Waals surface area (Å²) in [7, 11) is 1.33. The van der Waals surface area contributed by atoms with Crippen molar-refractivity contribution in [3.8, 4) is 11.3 Å². The van der Waals surface area contributed by atoms with E-state index in [1.165, 1.54) is 13.3 Å². The van der Waals surface area contributed by atoms with Crippen LogP contribution >= 0.6 is 11.6 Å². The molecule has 2 rings (SSSR count). The average molecular weight is 237 g/mol. The molecule has 4 nitrogen and oxygen atoms in total. The first kappa shape index (κ1) is 10.7. The Morgan fingerprint density at radius 3 is 2.69 bits per heavy atom. The summed E-state index contributed by atoms with van der Waals surface area (Å²) >= 11 is 5.79. The van der Waals surface area contributed by atoms with Crippen LogP contribution in [-0.2, 0) is 4.74 Å². The Labute approximate surface area is 97.2 Å². The molecule has 0 saturated heterocycles. The molecule has 1 aromatic carbocycles. The van der Waals surface area contributed by atoms with Crippen LogP contribution in [0.25, 0.3) is 11.3 Å². The average Bonchev–Trinajstić information content (AvgIpc) is 2.78. The summed E-state index contributed by atoms with van der Waals surface area (Å²) in [5.41, 5.74) is 1.87. The SMILES string of the molecule is COC(=O)c1cn[nH]c1-c1ccc(Cl)cc1. The van der Waals surface area contributed by atoms with Crippen LogP contribution in [0.5, 0.6) is 0 Å². The van der Waals surface area contributed by atoms with Gasteiger partial charge in [-0.15, -0.1) is 0 Å². The Morgan fingerprint density at radius 2 is 2.06 bits per heavy atom. The van der Waals surface area contributed by atoms with E-state index in [1.54, 1.807) is 12.1 Å². The fourth-order valence-electron chi connectivity index (χ4n) is 1.39. The van der Waals surface area contributed by atoms with E-state index in [9.17, 15) is 4.79 Å². The minimum Gasteiger partial charge on any atom is -0.465 e. The molecule has 16 heavy (non-hydrogen) atoms. The number of benzene rings is 1. The van der Waals surface area contributed by atoms with Crippen LogP contribution in [0.1, 0.15) is 10.4 Å². The highest BCUT2D eigenvalue weighted by Gasteiger charge is 2.15. The van der Waals surface area contributed by atoms with Crippen molar-refractivity contribution in [3.63, 3.8) is 0 Å². The molecular weight excluding hydrogens is 228 g/mol. The lowest BCUT2D eigenvalue weighted by Gasteiger charge is -2.01. The normalized spacial score (nSPS) is 10.1. The molecule has 1 heterocycles. The fraction of sp³-hybridized carbons (Fsp3) is 0.0909. The summed E-state index contributed by atoms with van der Waals surface area (Å²) < 4.78 is 4.66. The van der Waals surface area contributed by atoms with Gasteiger partial charge in [0.25, 0.3) is 0 Å². The largest absolute Gasteiger partial charge is 0.465 e. The van der Waals surface area contributed by atoms with Gasteiger partial charge in [0, 0.05) is 10.6 Å². The van der Waals surface area contributed by atoms with Crippen LogP contribution in [0.4, 0.5) is 0 Å². The molecule has 0 radical (unpaired) electrons. The Hall–Kier alpha value is -1.81. The first-order chi connectivity index (χ1) is 7.72. The molecule has 0 spiro atoms. The molecule has 0 amide bonds. The zero-order chi connectivity index (χ0) is 11.5. The van der Waals surface area contributed by atoms with E-state index < -0.39 is 5.97 Å². The van der Waals surface area contributed by atoms with E-state index in [0.717, 1.165) is 5.56 Å². The molecule has 0 aliphatic carbocycles. The molecule has 0 saturated carbocycles. The molecule has 1 aromatic heterocycles. The predicted octanol–water partition coefficient (Wildman–Crippen LogP) is 2.52. The van der Waals surface area contributed by atoms with E-state index >= 15 is 0 Å². The summed E-state index contributed by atoms with van der Waals surface area (Å²) in [5.74, 6) is -0.418. The third-order valence-electron chi connectivity index (χ3n) is 2.18. The Morgan fingerprint density at radius 1 is 1.38 bits per heavy atom. The molecular formula is C11H9ClN2O2. The number of carbonyl (C=O) groups is 1. The number of nitrogens with one attached hydrogen (secondary N) is 1. The number of ether oxygens (including phenoxy) is 1. The molecule has 2 aromatic rings. The van der Waals surface area contributed by atoms with Gasteiger partial charge in [-0.1, -0.05) is 23.7 Å². The highest BCUT2D eigenvalue weighted by molar-refractivity contribution is 6.30. The topological polar surface area (TPSA) is 55.0 Å². The number of aromatic nitrogens is 2. The van der Waals surface area contributed by atoms with Crippen molar-refractivity contribution in [2.75, 3.05) is 7.11 Å². The Bertz CT molecular complexity index is 505. The third kappa shape index (κ3) is 1.92. The zero-order valence-electron chi connectivity index (χ0n) is 8.53. The summed E-state index contributed by atoms with van der Waals surface area (Å²) in [6.07, 6.45) is 1.44. The van der Waals surface area contributed by atoms with Gasteiger partial charge in [-0.05, 0) is 12.1 Å². The molecule has 5 heteroatoms. The molecule has 1 N–H and O–H groups in total. The van der Waals surface area contributed by atoms with Gasteiger partial charge in [-0.2, -0.15) is 5.10 Å². The smallest absolute Gasteiger partial charge is 0.341 e. The van der Waals surface area contributed by atoms with Gasteiger partial charge in [0.1, 0.15) is 5.56 Å². The number of carbonyl (C=O) groups excluding carboxylic acids is 1. The maximum absolute atomic E-state index is 11.4. The minimum absolute atomic E-state index is 0.407. The summed E-state index contributed by atoms with van der Waals surface area (Å²) in [5, 5.41) is 7.24. The molecule has 0 fully saturated rings. The van der Waals surface area contributed by atoms with Gasteiger partial charge >= 0.3 is 5.97 Å². The third-order valence-corrected chi connectivity index (χ3v) is 2.43. The van der Waals surface area contributed by atoms with Crippen LogP contribution in [0, 0.1) is 0 Å². The van der Waals surface area contributed by atoms with Crippen molar-refractivity contribution in [1.29, 1.82) is 0 Å². The van der Waals surface area contributed by atoms with Crippen LogP contribution in [-0.4, -0.2) is 23.3 Å². The van der Waals surface area contributed by atoms with Crippen molar-refractivity contribution in [1.82, 2.24) is 10.2 Å². The van der Waals surface area contributed by atoms with Gasteiger partial charge < -0.3 is 4.74 Å². The quantitative estimate of drug-likeness (QED) is 0.816. The number of hydrogen-bond acceptors (Lipinski definition) is 3. The van der Waals surface area contributed by atoms with Crippen molar-refractivity contribution >= 4 is 17.6 Å². The second-order valence-corrected chi connectivity index (χ2v) is 3.59. The van der Waals surface area contributed by atoms with Gasteiger partial charge in [-0.25, -0.2) is 4.79 Å². The molecule has 0 bridgehead atoms. The summed E-state index contributed by atoms with van der Waals surface area (Å²) in [4.78, 5) is 11.4. The van der Waals surface area contributed by atoms with Gasteiger partial charge in [0.2, 0.25) is 0 Å². The molecule has 0 unspecified atom stereocenters. The summed E-state index contributed by atoms with van der Waals surface area (Å²) in [6.45, 7) is 0.